The molecule has 16 heavy (non-hydrogen) atoms. The van der Waals surface area contributed by atoms with E-state index in [1.165, 1.54) is 24.8 Å². The third kappa shape index (κ3) is 3.04. The van der Waals surface area contributed by atoms with E-state index in [2.05, 4.69) is 15.9 Å². The summed E-state index contributed by atoms with van der Waals surface area (Å²) in [5, 5.41) is 0. The molecule has 0 fully saturated rings. The van der Waals surface area contributed by atoms with Crippen molar-refractivity contribution < 1.29 is 13.6 Å². The predicted octanol–water partition coefficient (Wildman–Crippen LogP) is 4.37. The van der Waals surface area contributed by atoms with Gasteiger partial charge in [0.05, 0.1) is 4.83 Å². The molecule has 0 aromatic heterocycles. The van der Waals surface area contributed by atoms with Crippen molar-refractivity contribution in [2.45, 2.75) is 23.1 Å². The minimum Gasteiger partial charge on any atom is -0.298 e. The molecule has 1 rings (SSSR count). The highest BCUT2D eigenvalue weighted by atomic mass is 79.9. The average molecular weight is 309 g/mol. The second-order valence-electron chi connectivity index (χ2n) is 3.27. The minimum absolute atomic E-state index is 0.0797. The third-order valence-corrected chi connectivity index (χ3v) is 4.02. The SMILES string of the molecule is CSc1ccc(C(Br)C(C)=O)c(C(F)F)c1. The first-order valence-corrected chi connectivity index (χ1v) is 6.72. The Balaban J connectivity index is 3.22. The Morgan fingerprint density at radius 3 is 2.44 bits per heavy atom. The number of hydrogen-bond acceptors (Lipinski definition) is 2. The van der Waals surface area contributed by atoms with Gasteiger partial charge < -0.3 is 0 Å². The number of benzene rings is 1. The van der Waals surface area contributed by atoms with Crippen molar-refractivity contribution in [3.63, 3.8) is 0 Å². The highest BCUT2D eigenvalue weighted by Crippen LogP contribution is 2.34. The molecule has 0 aliphatic heterocycles. The Morgan fingerprint density at radius 2 is 2.00 bits per heavy atom. The zero-order chi connectivity index (χ0) is 12.3. The molecule has 0 spiro atoms. The molecule has 0 saturated heterocycles. The maximum absolute atomic E-state index is 12.8. The Hall–Kier alpha value is -0.420. The van der Waals surface area contributed by atoms with Crippen molar-refractivity contribution in [2.75, 3.05) is 6.26 Å². The van der Waals surface area contributed by atoms with E-state index in [0.717, 1.165) is 4.90 Å². The molecule has 0 saturated carbocycles. The monoisotopic (exact) mass is 308 g/mol. The van der Waals surface area contributed by atoms with E-state index in [0.29, 0.717) is 5.56 Å². The summed E-state index contributed by atoms with van der Waals surface area (Å²) < 4.78 is 25.7. The summed E-state index contributed by atoms with van der Waals surface area (Å²) in [5.74, 6) is -0.182. The largest absolute Gasteiger partial charge is 0.298 e. The van der Waals surface area contributed by atoms with Gasteiger partial charge >= 0.3 is 0 Å². The van der Waals surface area contributed by atoms with Crippen LogP contribution in [0.2, 0.25) is 0 Å². The molecule has 0 heterocycles. The fourth-order valence-electron chi connectivity index (χ4n) is 1.32. The summed E-state index contributed by atoms with van der Waals surface area (Å²) >= 11 is 4.52. The fourth-order valence-corrected chi connectivity index (χ4v) is 2.18. The lowest BCUT2D eigenvalue weighted by atomic mass is 10.0. The van der Waals surface area contributed by atoms with E-state index in [1.807, 2.05) is 6.26 Å². The maximum atomic E-state index is 12.8. The molecule has 0 aliphatic carbocycles. The zero-order valence-corrected chi connectivity index (χ0v) is 11.2. The van der Waals surface area contributed by atoms with Gasteiger partial charge in [-0.2, -0.15) is 0 Å². The van der Waals surface area contributed by atoms with Gasteiger partial charge in [0.1, 0.15) is 5.78 Å². The summed E-state index contributed by atoms with van der Waals surface area (Å²) in [4.78, 5) is 11.3. The zero-order valence-electron chi connectivity index (χ0n) is 8.84. The molecule has 1 unspecified atom stereocenters. The van der Waals surface area contributed by atoms with Crippen LogP contribution in [0.5, 0.6) is 0 Å². The quantitative estimate of drug-likeness (QED) is 0.607. The van der Waals surface area contributed by atoms with Crippen LogP contribution in [0.1, 0.15) is 29.3 Å². The number of alkyl halides is 3. The summed E-state index contributed by atoms with van der Waals surface area (Å²) in [6.45, 7) is 1.37. The van der Waals surface area contributed by atoms with Crippen LogP contribution in [0.4, 0.5) is 8.78 Å². The van der Waals surface area contributed by atoms with Crippen molar-refractivity contribution in [3.05, 3.63) is 29.3 Å². The number of carbonyl (C=O) groups excluding carboxylic acids is 1. The van der Waals surface area contributed by atoms with Crippen molar-refractivity contribution in [2.24, 2.45) is 0 Å². The van der Waals surface area contributed by atoms with Crippen LogP contribution in [0.3, 0.4) is 0 Å². The number of rotatable bonds is 4. The van der Waals surface area contributed by atoms with Gasteiger partial charge in [0.2, 0.25) is 0 Å². The maximum Gasteiger partial charge on any atom is 0.264 e. The Morgan fingerprint density at radius 1 is 1.38 bits per heavy atom. The highest BCUT2D eigenvalue weighted by molar-refractivity contribution is 9.09. The molecular weight excluding hydrogens is 298 g/mol. The van der Waals surface area contributed by atoms with Gasteiger partial charge in [0, 0.05) is 10.5 Å². The number of ketones is 1. The van der Waals surface area contributed by atoms with E-state index < -0.39 is 11.3 Å². The van der Waals surface area contributed by atoms with Crippen LogP contribution >= 0.6 is 27.7 Å². The molecule has 0 bridgehead atoms. The Bertz CT molecular complexity index is 396. The van der Waals surface area contributed by atoms with E-state index in [9.17, 15) is 13.6 Å². The van der Waals surface area contributed by atoms with Gasteiger partial charge in [-0.1, -0.05) is 22.0 Å². The first-order chi connectivity index (χ1) is 7.47. The molecule has 5 heteroatoms. The van der Waals surface area contributed by atoms with Gasteiger partial charge in [-0.15, -0.1) is 11.8 Å². The normalized spacial score (nSPS) is 12.9. The predicted molar refractivity (Wildman–Crippen MR) is 65.5 cm³/mol. The standard InChI is InChI=1S/C11H11BrF2OS/c1-6(15)10(12)8-4-3-7(16-2)5-9(8)11(13)14/h3-5,10-11H,1-2H3. The minimum atomic E-state index is -2.57. The molecule has 1 atom stereocenters. The molecule has 0 N–H and O–H groups in total. The molecule has 1 aromatic carbocycles. The lowest BCUT2D eigenvalue weighted by Crippen LogP contribution is -2.05. The van der Waals surface area contributed by atoms with E-state index in [4.69, 9.17) is 0 Å². The average Bonchev–Trinajstić information content (AvgIpc) is 2.26. The number of carbonyl (C=O) groups is 1. The summed E-state index contributed by atoms with van der Waals surface area (Å²) in [7, 11) is 0. The van der Waals surface area contributed by atoms with Crippen LogP contribution in [-0.2, 0) is 4.79 Å². The van der Waals surface area contributed by atoms with Gasteiger partial charge in [0.15, 0.2) is 0 Å². The number of hydrogen-bond donors (Lipinski definition) is 0. The van der Waals surface area contributed by atoms with Crippen LogP contribution < -0.4 is 0 Å². The van der Waals surface area contributed by atoms with E-state index in [1.54, 1.807) is 12.1 Å². The van der Waals surface area contributed by atoms with Crippen LogP contribution in [0.15, 0.2) is 23.1 Å². The lowest BCUT2D eigenvalue weighted by molar-refractivity contribution is -0.116. The topological polar surface area (TPSA) is 17.1 Å². The van der Waals surface area contributed by atoms with E-state index in [-0.39, 0.29) is 11.3 Å². The molecular formula is C11H11BrF2OS. The molecule has 0 amide bonds. The van der Waals surface area contributed by atoms with Crippen molar-refractivity contribution >= 4 is 33.5 Å². The number of Topliss-reactive ketones (excluding diaryl/α,β-unsaturated/α-hetero) is 1. The fraction of sp³-hybridized carbons (Fsp3) is 0.364. The molecule has 88 valence electrons. The van der Waals surface area contributed by atoms with Crippen molar-refractivity contribution in [1.82, 2.24) is 0 Å². The Kier molecular flexibility index (Phi) is 4.92. The number of halogens is 3. The number of thioether (sulfide) groups is 1. The first-order valence-electron chi connectivity index (χ1n) is 4.58. The smallest absolute Gasteiger partial charge is 0.264 e. The van der Waals surface area contributed by atoms with E-state index >= 15 is 0 Å². The third-order valence-electron chi connectivity index (χ3n) is 2.16. The first kappa shape index (κ1) is 13.6. The lowest BCUT2D eigenvalue weighted by Gasteiger charge is -2.13. The van der Waals surface area contributed by atoms with Crippen LogP contribution in [-0.4, -0.2) is 12.0 Å². The molecule has 0 radical (unpaired) electrons. The molecule has 1 aromatic rings. The summed E-state index contributed by atoms with van der Waals surface area (Å²) in [6.07, 6.45) is -0.748. The second-order valence-corrected chi connectivity index (χ2v) is 5.06. The second kappa shape index (κ2) is 5.77. The van der Waals surface area contributed by atoms with Crippen molar-refractivity contribution in [1.29, 1.82) is 0 Å². The van der Waals surface area contributed by atoms with Crippen molar-refractivity contribution in [3.8, 4) is 0 Å². The van der Waals surface area contributed by atoms with Gasteiger partial charge in [-0.05, 0) is 30.9 Å². The highest BCUT2D eigenvalue weighted by Gasteiger charge is 2.21. The molecule has 0 aliphatic rings. The van der Waals surface area contributed by atoms with Gasteiger partial charge in [-0.25, -0.2) is 8.78 Å². The van der Waals surface area contributed by atoms with Crippen LogP contribution in [0.25, 0.3) is 0 Å². The van der Waals surface area contributed by atoms with Crippen LogP contribution in [0, 0.1) is 0 Å². The van der Waals surface area contributed by atoms with Gasteiger partial charge in [-0.3, -0.25) is 4.79 Å². The Labute approximate surface area is 106 Å². The summed E-state index contributed by atoms with van der Waals surface area (Å²) in [5.41, 5.74) is 0.268. The molecule has 1 nitrogen and oxygen atoms in total. The van der Waals surface area contributed by atoms with Gasteiger partial charge in [0.25, 0.3) is 6.43 Å². The summed E-state index contributed by atoms with van der Waals surface area (Å²) in [6, 6.07) is 4.75.